The molecule has 1 heterocycles. The summed E-state index contributed by atoms with van der Waals surface area (Å²) >= 11 is 0. The van der Waals surface area contributed by atoms with E-state index < -0.39 is 10.0 Å². The van der Waals surface area contributed by atoms with Gasteiger partial charge in [-0.15, -0.1) is 0 Å². The normalized spacial score (nSPS) is 11.5. The number of aromatic nitrogens is 1. The van der Waals surface area contributed by atoms with Gasteiger partial charge in [0.05, 0.1) is 11.5 Å². The van der Waals surface area contributed by atoms with Gasteiger partial charge in [-0.1, -0.05) is 48.8 Å². The van der Waals surface area contributed by atoms with Crippen LogP contribution in [0.25, 0.3) is 11.3 Å². The molecule has 0 aliphatic rings. The van der Waals surface area contributed by atoms with Crippen LogP contribution in [0, 0.1) is 6.92 Å². The molecule has 0 atom stereocenters. The van der Waals surface area contributed by atoms with Gasteiger partial charge >= 0.3 is 0 Å². The van der Waals surface area contributed by atoms with Gasteiger partial charge in [0.25, 0.3) is 0 Å². The third-order valence-corrected chi connectivity index (χ3v) is 5.79. The van der Waals surface area contributed by atoms with Crippen molar-refractivity contribution in [3.05, 3.63) is 65.9 Å². The van der Waals surface area contributed by atoms with E-state index in [4.69, 9.17) is 9.26 Å². The first-order valence-corrected chi connectivity index (χ1v) is 10.7. The van der Waals surface area contributed by atoms with Gasteiger partial charge in [-0.3, -0.25) is 0 Å². The van der Waals surface area contributed by atoms with Gasteiger partial charge in [-0.2, -0.15) is 0 Å². The maximum atomic E-state index is 12.7. The third kappa shape index (κ3) is 4.79. The number of ether oxygens (including phenoxy) is 1. The van der Waals surface area contributed by atoms with Gasteiger partial charge in [0.1, 0.15) is 17.2 Å². The van der Waals surface area contributed by atoms with Crippen LogP contribution in [0.15, 0.2) is 64.0 Å². The van der Waals surface area contributed by atoms with E-state index in [-0.39, 0.29) is 11.4 Å². The van der Waals surface area contributed by atoms with E-state index in [2.05, 4.69) is 16.8 Å². The Hall–Kier alpha value is -2.64. The molecule has 148 valence electrons. The third-order valence-electron chi connectivity index (χ3n) is 4.37. The van der Waals surface area contributed by atoms with E-state index >= 15 is 0 Å². The highest BCUT2D eigenvalue weighted by molar-refractivity contribution is 7.89. The lowest BCUT2D eigenvalue weighted by atomic mass is 10.1. The number of hydrogen-bond donors (Lipinski definition) is 1. The average Bonchev–Trinajstić information content (AvgIpc) is 3.08. The smallest absolute Gasteiger partial charge is 0.240 e. The van der Waals surface area contributed by atoms with Gasteiger partial charge in [-0.05, 0) is 37.6 Å². The van der Waals surface area contributed by atoms with Crippen LogP contribution < -0.4 is 9.46 Å². The molecule has 1 aromatic heterocycles. The Morgan fingerprint density at radius 1 is 1.07 bits per heavy atom. The van der Waals surface area contributed by atoms with Gasteiger partial charge in [0.2, 0.25) is 10.0 Å². The van der Waals surface area contributed by atoms with E-state index in [9.17, 15) is 8.42 Å². The van der Waals surface area contributed by atoms with Crippen LogP contribution in [-0.4, -0.2) is 20.2 Å². The molecule has 0 unspecified atom stereocenters. The lowest BCUT2D eigenvalue weighted by Crippen LogP contribution is -2.23. The van der Waals surface area contributed by atoms with Crippen molar-refractivity contribution in [2.24, 2.45) is 0 Å². The minimum Gasteiger partial charge on any atom is -0.494 e. The summed E-state index contributed by atoms with van der Waals surface area (Å²) in [7, 11) is -3.67. The van der Waals surface area contributed by atoms with Crippen molar-refractivity contribution in [2.45, 2.75) is 38.1 Å². The molecule has 0 spiro atoms. The fourth-order valence-corrected chi connectivity index (χ4v) is 3.72. The van der Waals surface area contributed by atoms with Crippen molar-refractivity contribution >= 4 is 10.0 Å². The highest BCUT2D eigenvalue weighted by atomic mass is 32.2. The minimum atomic E-state index is -3.67. The highest BCUT2D eigenvalue weighted by Gasteiger charge is 2.19. The summed E-state index contributed by atoms with van der Waals surface area (Å²) in [4.78, 5) is 0.186. The molecule has 0 saturated heterocycles. The van der Waals surface area contributed by atoms with Crippen LogP contribution >= 0.6 is 0 Å². The summed E-state index contributed by atoms with van der Waals surface area (Å²) in [5.74, 6) is 1.25. The van der Waals surface area contributed by atoms with E-state index in [1.165, 1.54) is 0 Å². The van der Waals surface area contributed by atoms with Crippen molar-refractivity contribution < 1.29 is 17.7 Å². The van der Waals surface area contributed by atoms with E-state index in [0.717, 1.165) is 18.4 Å². The highest BCUT2D eigenvalue weighted by Crippen LogP contribution is 2.25. The van der Waals surface area contributed by atoms with Crippen molar-refractivity contribution in [3.8, 4) is 17.0 Å². The van der Waals surface area contributed by atoms with Crippen molar-refractivity contribution in [1.29, 1.82) is 0 Å². The quantitative estimate of drug-likeness (QED) is 0.541. The first-order valence-electron chi connectivity index (χ1n) is 9.24. The standard InChI is InChI=1S/C21H24N2O4S/c1-3-4-14-26-18-10-12-19(13-11-18)28(24,25)22-15-20-16(2)27-23-21(20)17-8-6-5-7-9-17/h5-13,22H,3-4,14-15H2,1-2H3. The number of hydrogen-bond acceptors (Lipinski definition) is 5. The zero-order valence-electron chi connectivity index (χ0n) is 16.0. The first-order chi connectivity index (χ1) is 13.5. The molecule has 3 aromatic rings. The summed E-state index contributed by atoms with van der Waals surface area (Å²) in [5, 5.41) is 4.08. The fraction of sp³-hybridized carbons (Fsp3) is 0.286. The second kappa shape index (κ2) is 9.03. The summed E-state index contributed by atoms with van der Waals surface area (Å²) in [5.41, 5.74) is 2.23. The second-order valence-electron chi connectivity index (χ2n) is 6.43. The molecule has 2 aromatic carbocycles. The Bertz CT molecular complexity index is 997. The Labute approximate surface area is 165 Å². The fourth-order valence-electron chi connectivity index (χ4n) is 2.72. The van der Waals surface area contributed by atoms with E-state index in [1.807, 2.05) is 30.3 Å². The molecule has 0 aliphatic carbocycles. The minimum absolute atomic E-state index is 0.0939. The molecule has 1 N–H and O–H groups in total. The summed E-state index contributed by atoms with van der Waals surface area (Å²) in [6.45, 7) is 4.57. The Morgan fingerprint density at radius 3 is 2.46 bits per heavy atom. The average molecular weight is 401 g/mol. The van der Waals surface area contributed by atoms with Crippen molar-refractivity contribution in [1.82, 2.24) is 9.88 Å². The van der Waals surface area contributed by atoms with Gasteiger partial charge in [0, 0.05) is 17.7 Å². The number of unbranched alkanes of at least 4 members (excludes halogenated alkanes) is 1. The van der Waals surface area contributed by atoms with Crippen LogP contribution in [0.1, 0.15) is 31.1 Å². The summed E-state index contributed by atoms with van der Waals surface area (Å²) in [6, 6.07) is 16.0. The number of rotatable bonds is 9. The SMILES string of the molecule is CCCCOc1ccc(S(=O)(=O)NCc2c(-c3ccccc3)noc2C)cc1. The molecule has 3 rings (SSSR count). The molecule has 0 radical (unpaired) electrons. The molecule has 0 aliphatic heterocycles. The molecule has 0 bridgehead atoms. The number of benzene rings is 2. The molecule has 28 heavy (non-hydrogen) atoms. The predicted molar refractivity (Wildman–Crippen MR) is 108 cm³/mol. The Kier molecular flexibility index (Phi) is 6.49. The number of nitrogens with zero attached hydrogens (tertiary/aromatic N) is 1. The Balaban J connectivity index is 1.71. The lowest BCUT2D eigenvalue weighted by molar-refractivity contribution is 0.309. The number of sulfonamides is 1. The summed E-state index contributed by atoms with van der Waals surface area (Å²) < 4.78 is 38.8. The monoisotopic (exact) mass is 400 g/mol. The van der Waals surface area contributed by atoms with Crippen LogP contribution in [-0.2, 0) is 16.6 Å². The van der Waals surface area contributed by atoms with Crippen molar-refractivity contribution in [2.75, 3.05) is 6.61 Å². The maximum Gasteiger partial charge on any atom is 0.240 e. The van der Waals surface area contributed by atoms with Crippen LogP contribution in [0.5, 0.6) is 5.75 Å². The number of nitrogens with one attached hydrogen (secondary N) is 1. The van der Waals surface area contributed by atoms with Crippen molar-refractivity contribution in [3.63, 3.8) is 0 Å². The van der Waals surface area contributed by atoms with E-state index in [0.29, 0.717) is 29.4 Å². The zero-order chi connectivity index (χ0) is 20.0. The topological polar surface area (TPSA) is 81.4 Å². The Morgan fingerprint density at radius 2 is 1.79 bits per heavy atom. The van der Waals surface area contributed by atoms with E-state index in [1.54, 1.807) is 31.2 Å². The first kappa shape index (κ1) is 20.1. The molecular weight excluding hydrogens is 376 g/mol. The largest absolute Gasteiger partial charge is 0.494 e. The molecule has 0 amide bonds. The van der Waals surface area contributed by atoms with Crippen LogP contribution in [0.4, 0.5) is 0 Å². The van der Waals surface area contributed by atoms with Gasteiger partial charge < -0.3 is 9.26 Å². The second-order valence-corrected chi connectivity index (χ2v) is 8.20. The van der Waals surface area contributed by atoms with Crippen LogP contribution in [0.3, 0.4) is 0 Å². The zero-order valence-corrected chi connectivity index (χ0v) is 16.8. The molecule has 7 heteroatoms. The molecule has 0 fully saturated rings. The summed E-state index contributed by atoms with van der Waals surface area (Å²) in [6.07, 6.45) is 2.01. The molecular formula is C21H24N2O4S. The lowest BCUT2D eigenvalue weighted by Gasteiger charge is -2.09. The maximum absolute atomic E-state index is 12.7. The van der Waals surface area contributed by atoms with Gasteiger partial charge in [0.15, 0.2) is 0 Å². The van der Waals surface area contributed by atoms with Crippen LogP contribution in [0.2, 0.25) is 0 Å². The van der Waals surface area contributed by atoms with Gasteiger partial charge in [-0.25, -0.2) is 13.1 Å². The molecule has 0 saturated carbocycles. The number of aryl methyl sites for hydroxylation is 1. The predicted octanol–water partition coefficient (Wildman–Crippen LogP) is 4.31. The molecule has 6 nitrogen and oxygen atoms in total.